The zero-order chi connectivity index (χ0) is 20.1. The van der Waals surface area contributed by atoms with E-state index in [9.17, 15) is 5.11 Å². The van der Waals surface area contributed by atoms with Crippen LogP contribution < -0.4 is 4.74 Å². The molecule has 5 nitrogen and oxygen atoms in total. The van der Waals surface area contributed by atoms with Crippen LogP contribution in [0.5, 0.6) is 17.4 Å². The maximum Gasteiger partial charge on any atom is 0.217 e. The van der Waals surface area contributed by atoms with E-state index in [0.717, 1.165) is 17.4 Å². The van der Waals surface area contributed by atoms with E-state index in [0.29, 0.717) is 23.0 Å². The number of aliphatic imine (C=N–C) groups is 1. The van der Waals surface area contributed by atoms with E-state index >= 15 is 0 Å². The molecule has 1 N–H and O–H groups in total. The zero-order valence-electron chi connectivity index (χ0n) is 16.3. The Hall–Kier alpha value is -3.17. The minimum absolute atomic E-state index is 0. The van der Waals surface area contributed by atoms with E-state index in [1.807, 2.05) is 36.4 Å². The predicted molar refractivity (Wildman–Crippen MR) is 113 cm³/mol. The number of aromatic nitrogens is 1. The fourth-order valence-corrected chi connectivity index (χ4v) is 4.14. The fraction of sp³-hybridized carbons (Fsp3) is 0.120. The standard InChI is InChI=1S/C25H17N2O3.Pt/c28-20-10-4-6-15-11-12-22(26-23(15)20)29-18-8-3-7-17(13-18)25-27-24-19-9-2-1-5-16(19)14-21(24)30-25;/h1-12,21,24,28H,14H2;/q-1;/t21-,24-;/m0./s1. The summed E-state index contributed by atoms with van der Waals surface area (Å²) >= 11 is 0. The van der Waals surface area contributed by atoms with Crippen molar-refractivity contribution in [2.45, 2.75) is 18.6 Å². The Morgan fingerprint density at radius 1 is 0.968 bits per heavy atom. The van der Waals surface area contributed by atoms with Crippen molar-refractivity contribution in [2.75, 3.05) is 0 Å². The summed E-state index contributed by atoms with van der Waals surface area (Å²) in [6.07, 6.45) is 0.912. The number of nitrogens with zero attached hydrogens (tertiary/aromatic N) is 2. The van der Waals surface area contributed by atoms with E-state index in [1.54, 1.807) is 18.2 Å². The molecule has 2 atom stereocenters. The van der Waals surface area contributed by atoms with Crippen LogP contribution in [0.3, 0.4) is 0 Å². The number of aromatic hydroxyl groups is 1. The van der Waals surface area contributed by atoms with Gasteiger partial charge in [0.25, 0.3) is 0 Å². The van der Waals surface area contributed by atoms with Crippen molar-refractivity contribution in [3.05, 3.63) is 95.6 Å². The number of hydrogen-bond donors (Lipinski definition) is 1. The molecule has 4 aromatic rings. The molecule has 0 saturated carbocycles. The quantitative estimate of drug-likeness (QED) is 0.344. The summed E-state index contributed by atoms with van der Waals surface area (Å²) in [7, 11) is 0. The Bertz CT molecular complexity index is 1320. The van der Waals surface area contributed by atoms with Gasteiger partial charge < -0.3 is 14.6 Å². The van der Waals surface area contributed by atoms with Crippen LogP contribution in [0.1, 0.15) is 22.7 Å². The largest absolute Gasteiger partial charge is 0.514 e. The van der Waals surface area contributed by atoms with Crippen LogP contribution in [0.4, 0.5) is 0 Å². The van der Waals surface area contributed by atoms with Crippen LogP contribution in [-0.2, 0) is 32.2 Å². The number of fused-ring (bicyclic) bond motifs is 4. The normalized spacial score (nSPS) is 18.5. The second-order valence-electron chi connectivity index (χ2n) is 7.47. The average molecular weight is 589 g/mol. The monoisotopic (exact) mass is 588 g/mol. The third-order valence-electron chi connectivity index (χ3n) is 5.55. The van der Waals surface area contributed by atoms with E-state index in [-0.39, 0.29) is 39.0 Å². The van der Waals surface area contributed by atoms with Gasteiger partial charge in [-0.2, -0.15) is 0 Å². The Morgan fingerprint density at radius 3 is 2.77 bits per heavy atom. The molecule has 3 aromatic carbocycles. The van der Waals surface area contributed by atoms with E-state index in [4.69, 9.17) is 14.5 Å². The molecule has 1 aliphatic heterocycles. The third kappa shape index (κ3) is 3.49. The maximum absolute atomic E-state index is 10.0. The molecular weight excluding hydrogens is 571 g/mol. The SMILES string of the molecule is Oc1cccc2ccc(Oc3[c-]c(C4=N[C@H]5c6ccccc6C[C@@H]5O4)ccc3)nc12.[Pt]. The van der Waals surface area contributed by atoms with Gasteiger partial charge in [-0.1, -0.05) is 48.0 Å². The summed E-state index contributed by atoms with van der Waals surface area (Å²) in [5.74, 6) is 1.61. The van der Waals surface area contributed by atoms with Gasteiger partial charge in [-0.25, -0.2) is 4.98 Å². The number of phenolic OH excluding ortho intramolecular Hbond substituents is 1. The Morgan fingerprint density at radius 2 is 1.84 bits per heavy atom. The summed E-state index contributed by atoms with van der Waals surface area (Å²) in [5, 5.41) is 10.9. The van der Waals surface area contributed by atoms with Crippen LogP contribution in [0, 0.1) is 6.07 Å². The van der Waals surface area contributed by atoms with Gasteiger partial charge in [0.05, 0.1) is 0 Å². The van der Waals surface area contributed by atoms with Crippen molar-refractivity contribution in [2.24, 2.45) is 4.99 Å². The summed E-state index contributed by atoms with van der Waals surface area (Å²) < 4.78 is 12.1. The zero-order valence-corrected chi connectivity index (χ0v) is 18.5. The smallest absolute Gasteiger partial charge is 0.217 e. The van der Waals surface area contributed by atoms with Crippen LogP contribution in [0.25, 0.3) is 10.9 Å². The number of rotatable bonds is 3. The van der Waals surface area contributed by atoms with Crippen molar-refractivity contribution >= 4 is 16.8 Å². The van der Waals surface area contributed by atoms with Gasteiger partial charge in [0.15, 0.2) is 0 Å². The minimum Gasteiger partial charge on any atom is -0.514 e. The number of phenols is 1. The van der Waals surface area contributed by atoms with Crippen LogP contribution in [-0.4, -0.2) is 22.1 Å². The molecule has 1 aliphatic carbocycles. The number of benzene rings is 3. The molecule has 2 heterocycles. The molecule has 156 valence electrons. The first-order valence-corrected chi connectivity index (χ1v) is 9.86. The van der Waals surface area contributed by atoms with Gasteiger partial charge in [-0.3, -0.25) is 4.99 Å². The van der Waals surface area contributed by atoms with Crippen molar-refractivity contribution in [3.63, 3.8) is 0 Å². The Kier molecular flexibility index (Phi) is 4.99. The van der Waals surface area contributed by atoms with Crippen molar-refractivity contribution in [3.8, 4) is 17.4 Å². The van der Waals surface area contributed by atoms with Crippen LogP contribution in [0.2, 0.25) is 0 Å². The summed E-state index contributed by atoms with van der Waals surface area (Å²) in [6, 6.07) is 26.2. The Balaban J connectivity index is 0.00000204. The van der Waals surface area contributed by atoms with Gasteiger partial charge in [-0.15, -0.1) is 18.2 Å². The summed E-state index contributed by atoms with van der Waals surface area (Å²) in [4.78, 5) is 9.24. The number of para-hydroxylation sites is 1. The molecule has 0 unspecified atom stereocenters. The second-order valence-corrected chi connectivity index (χ2v) is 7.47. The minimum atomic E-state index is 0. The van der Waals surface area contributed by atoms with Gasteiger partial charge in [0, 0.05) is 44.7 Å². The average Bonchev–Trinajstić information content (AvgIpc) is 3.33. The molecule has 2 aliphatic rings. The second kappa shape index (κ2) is 7.82. The molecule has 0 radical (unpaired) electrons. The van der Waals surface area contributed by atoms with Crippen molar-refractivity contribution in [1.82, 2.24) is 4.98 Å². The molecule has 0 spiro atoms. The van der Waals surface area contributed by atoms with E-state index < -0.39 is 0 Å². The molecule has 1 aromatic heterocycles. The molecule has 0 amide bonds. The topological polar surface area (TPSA) is 63.9 Å². The molecular formula is C25H17N2O3Pt-. The van der Waals surface area contributed by atoms with E-state index in [2.05, 4.69) is 29.2 Å². The maximum atomic E-state index is 10.0. The molecule has 6 rings (SSSR count). The first-order chi connectivity index (χ1) is 14.7. The molecule has 0 fully saturated rings. The van der Waals surface area contributed by atoms with Gasteiger partial charge in [-0.05, 0) is 23.3 Å². The first-order valence-electron chi connectivity index (χ1n) is 9.86. The third-order valence-corrected chi connectivity index (χ3v) is 5.55. The number of ether oxygens (including phenoxy) is 2. The van der Waals surface area contributed by atoms with E-state index in [1.165, 1.54) is 11.1 Å². The Labute approximate surface area is 193 Å². The summed E-state index contributed by atoms with van der Waals surface area (Å²) in [5.41, 5.74) is 3.80. The molecule has 6 heteroatoms. The van der Waals surface area contributed by atoms with Gasteiger partial charge >= 0.3 is 0 Å². The predicted octanol–water partition coefficient (Wildman–Crippen LogP) is 4.97. The molecule has 0 bridgehead atoms. The van der Waals surface area contributed by atoms with Crippen LogP contribution in [0.15, 0.2) is 77.8 Å². The van der Waals surface area contributed by atoms with Crippen molar-refractivity contribution < 1.29 is 35.6 Å². The first kappa shape index (κ1) is 19.8. The summed E-state index contributed by atoms with van der Waals surface area (Å²) in [6.45, 7) is 0. The van der Waals surface area contributed by atoms with Crippen molar-refractivity contribution in [1.29, 1.82) is 0 Å². The molecule has 0 saturated heterocycles. The molecule has 31 heavy (non-hydrogen) atoms. The van der Waals surface area contributed by atoms with Crippen LogP contribution >= 0.6 is 0 Å². The van der Waals surface area contributed by atoms with Gasteiger partial charge in [0.1, 0.15) is 29.3 Å². The number of hydrogen-bond acceptors (Lipinski definition) is 5. The van der Waals surface area contributed by atoms with Gasteiger partial charge in [0.2, 0.25) is 5.88 Å². The number of pyridine rings is 1. The fourth-order valence-electron chi connectivity index (χ4n) is 4.14.